The van der Waals surface area contributed by atoms with Gasteiger partial charge in [-0.15, -0.1) is 0 Å². The predicted molar refractivity (Wildman–Crippen MR) is 94.7 cm³/mol. The summed E-state index contributed by atoms with van der Waals surface area (Å²) in [6.45, 7) is 4.44. The molecule has 4 saturated heterocycles. The van der Waals surface area contributed by atoms with Crippen LogP contribution in [-0.2, 0) is 19.0 Å². The van der Waals surface area contributed by atoms with Crippen LogP contribution >= 0.6 is 0 Å². The lowest BCUT2D eigenvalue weighted by Crippen LogP contribution is -2.91. The van der Waals surface area contributed by atoms with E-state index in [2.05, 4.69) is 13.8 Å². The average molecular weight is 394 g/mol. The third kappa shape index (κ3) is 1.50. The van der Waals surface area contributed by atoms with Gasteiger partial charge >= 0.3 is 0 Å². The number of carbonyl (C=O) groups excluding carboxylic acids is 1. The molecule has 8 fully saturated rings. The van der Waals surface area contributed by atoms with E-state index < -0.39 is 53.1 Å². The summed E-state index contributed by atoms with van der Waals surface area (Å²) in [7, 11) is 1.55. The van der Waals surface area contributed by atoms with Gasteiger partial charge in [0.2, 0.25) is 5.79 Å². The van der Waals surface area contributed by atoms with E-state index in [-0.39, 0.29) is 29.6 Å². The third-order valence-corrected chi connectivity index (χ3v) is 9.57. The minimum absolute atomic E-state index is 0.160. The Balaban J connectivity index is 1.63. The largest absolute Gasteiger partial charge is 0.393 e. The molecule has 4 saturated carbocycles. The van der Waals surface area contributed by atoms with Crippen LogP contribution in [0.2, 0.25) is 0 Å². The van der Waals surface area contributed by atoms with Gasteiger partial charge in [-0.05, 0) is 24.7 Å². The molecule has 7 bridgehead atoms. The first-order valence-electron chi connectivity index (χ1n) is 10.6. The molecule has 11 atom stereocenters. The second-order valence-electron chi connectivity index (χ2n) is 10.8. The summed E-state index contributed by atoms with van der Waals surface area (Å²) in [4.78, 5) is 13.9. The van der Waals surface area contributed by atoms with Crippen molar-refractivity contribution in [2.45, 2.75) is 69.9 Å². The molecular formula is C21H30O7. The second-order valence-corrected chi connectivity index (χ2v) is 10.8. The lowest BCUT2D eigenvalue weighted by atomic mass is 9.34. The highest BCUT2D eigenvalue weighted by atomic mass is 16.8. The van der Waals surface area contributed by atoms with E-state index in [1.807, 2.05) is 0 Å². The number of rotatable bonds is 2. The molecule has 0 aromatic heterocycles. The Morgan fingerprint density at radius 1 is 1.21 bits per heavy atom. The van der Waals surface area contributed by atoms with E-state index in [4.69, 9.17) is 14.2 Å². The van der Waals surface area contributed by atoms with Gasteiger partial charge in [-0.2, -0.15) is 0 Å². The lowest BCUT2D eigenvalue weighted by Gasteiger charge is -2.79. The van der Waals surface area contributed by atoms with E-state index in [0.717, 1.165) is 19.3 Å². The minimum Gasteiger partial charge on any atom is -0.393 e. The third-order valence-electron chi connectivity index (χ3n) is 9.57. The molecule has 8 rings (SSSR count). The molecule has 7 heteroatoms. The van der Waals surface area contributed by atoms with Crippen molar-refractivity contribution in [1.29, 1.82) is 0 Å². The van der Waals surface area contributed by atoms with Crippen LogP contribution in [0, 0.1) is 39.9 Å². The molecule has 1 unspecified atom stereocenters. The molecule has 0 amide bonds. The number of ketones is 1. The van der Waals surface area contributed by atoms with Gasteiger partial charge in [0.15, 0.2) is 12.1 Å². The molecule has 2 spiro atoms. The molecule has 4 heterocycles. The smallest absolute Gasteiger partial charge is 0.210 e. The topological polar surface area (TPSA) is 105 Å². The maximum atomic E-state index is 13.9. The van der Waals surface area contributed by atoms with Crippen LogP contribution in [0.3, 0.4) is 0 Å². The minimum atomic E-state index is -2.02. The van der Waals surface area contributed by atoms with Crippen LogP contribution in [-0.4, -0.2) is 65.2 Å². The van der Waals surface area contributed by atoms with Gasteiger partial charge in [-0.3, -0.25) is 4.79 Å². The lowest BCUT2D eigenvalue weighted by molar-refractivity contribution is -0.554. The Hall–Kier alpha value is -0.570. The summed E-state index contributed by atoms with van der Waals surface area (Å²) in [5.74, 6) is -3.62. The van der Waals surface area contributed by atoms with E-state index >= 15 is 0 Å². The predicted octanol–water partition coefficient (Wildman–Crippen LogP) is 0.446. The van der Waals surface area contributed by atoms with Crippen molar-refractivity contribution < 1.29 is 34.3 Å². The van der Waals surface area contributed by atoms with E-state index in [1.54, 1.807) is 7.11 Å². The van der Waals surface area contributed by atoms with Crippen molar-refractivity contribution in [2.24, 2.45) is 39.9 Å². The molecule has 4 aliphatic carbocycles. The van der Waals surface area contributed by atoms with Crippen molar-refractivity contribution in [1.82, 2.24) is 0 Å². The van der Waals surface area contributed by atoms with Crippen LogP contribution in [0.1, 0.15) is 39.5 Å². The highest BCUT2D eigenvalue weighted by Gasteiger charge is 2.93. The standard InChI is InChI=1S/C21H30O7/c1-18(2)5-4-6-19-12-11(22)7-9-10(8-26-3)14(23)20(12)16(9)27-17(19)28-21(20,25)15(24)13(18)19/h9-13,15-17,22,24-25H,4-8H2,1-3H3/t9-,10+,11-,12-,13+,15-,16-,17?,19+,20-,21+/m0/s1. The zero-order chi connectivity index (χ0) is 19.9. The molecule has 0 radical (unpaired) electrons. The second kappa shape index (κ2) is 5.01. The first-order chi connectivity index (χ1) is 13.2. The molecule has 4 aliphatic heterocycles. The van der Waals surface area contributed by atoms with Crippen molar-refractivity contribution in [3.63, 3.8) is 0 Å². The van der Waals surface area contributed by atoms with E-state index in [0.29, 0.717) is 6.42 Å². The fourth-order valence-corrected chi connectivity index (χ4v) is 9.07. The number of Topliss-reactive ketones (excluding diaryl/α,β-unsaturated/α-hetero) is 1. The Kier molecular flexibility index (Phi) is 3.26. The summed E-state index contributed by atoms with van der Waals surface area (Å²) in [5, 5.41) is 34.7. The summed E-state index contributed by atoms with van der Waals surface area (Å²) < 4.78 is 17.8. The first-order valence-corrected chi connectivity index (χ1v) is 10.6. The Morgan fingerprint density at radius 2 is 1.96 bits per heavy atom. The van der Waals surface area contributed by atoms with E-state index in [1.165, 1.54) is 0 Å². The number of carbonyl (C=O) groups is 1. The molecule has 156 valence electrons. The van der Waals surface area contributed by atoms with E-state index in [9.17, 15) is 20.1 Å². The number of ether oxygens (including phenoxy) is 3. The normalized spacial score (nSPS) is 62.9. The first kappa shape index (κ1) is 18.2. The number of aliphatic hydroxyl groups excluding tert-OH is 2. The van der Waals surface area contributed by atoms with Crippen LogP contribution < -0.4 is 0 Å². The molecule has 3 N–H and O–H groups in total. The Morgan fingerprint density at radius 3 is 2.68 bits per heavy atom. The fourth-order valence-electron chi connectivity index (χ4n) is 9.07. The highest BCUT2D eigenvalue weighted by molar-refractivity contribution is 5.94. The molecule has 0 aromatic carbocycles. The van der Waals surface area contributed by atoms with Gasteiger partial charge < -0.3 is 29.5 Å². The Labute approximate surface area is 164 Å². The van der Waals surface area contributed by atoms with Gasteiger partial charge in [0, 0.05) is 36.2 Å². The quantitative estimate of drug-likeness (QED) is 0.624. The van der Waals surface area contributed by atoms with Crippen molar-refractivity contribution >= 4 is 5.78 Å². The van der Waals surface area contributed by atoms with Gasteiger partial charge in [0.1, 0.15) is 11.5 Å². The maximum Gasteiger partial charge on any atom is 0.210 e. The molecule has 7 nitrogen and oxygen atoms in total. The van der Waals surface area contributed by atoms with Crippen LogP contribution in [0.25, 0.3) is 0 Å². The number of methoxy groups -OCH3 is 1. The van der Waals surface area contributed by atoms with Crippen LogP contribution in [0.4, 0.5) is 0 Å². The zero-order valence-corrected chi connectivity index (χ0v) is 16.6. The molecule has 8 aliphatic rings. The summed E-state index contributed by atoms with van der Waals surface area (Å²) in [5.41, 5.74) is -2.34. The summed E-state index contributed by atoms with van der Waals surface area (Å²) >= 11 is 0. The van der Waals surface area contributed by atoms with Gasteiger partial charge in [-0.1, -0.05) is 20.3 Å². The molecular weight excluding hydrogens is 364 g/mol. The fraction of sp³-hybridized carbons (Fsp3) is 0.952. The Bertz CT molecular complexity index is 753. The molecule has 28 heavy (non-hydrogen) atoms. The highest BCUT2D eigenvalue weighted by Crippen LogP contribution is 2.81. The van der Waals surface area contributed by atoms with Crippen molar-refractivity contribution in [3.05, 3.63) is 0 Å². The van der Waals surface area contributed by atoms with Gasteiger partial charge in [-0.25, -0.2) is 0 Å². The maximum absolute atomic E-state index is 13.9. The SMILES string of the molecule is COC[C@H]1C(=O)[C@@]23[C@H]4OC5O[C@]2(O)[C@@H](O)[C@@H]2C(C)(C)CCC[C@]52[C@@H]3[C@@H](O)C[C@@H]14. The molecule has 0 aromatic rings. The van der Waals surface area contributed by atoms with Crippen LogP contribution in [0.15, 0.2) is 0 Å². The zero-order valence-electron chi connectivity index (χ0n) is 16.6. The van der Waals surface area contributed by atoms with Crippen molar-refractivity contribution in [3.8, 4) is 0 Å². The van der Waals surface area contributed by atoms with Crippen LogP contribution in [0.5, 0.6) is 0 Å². The number of aliphatic hydroxyl groups is 3. The average Bonchev–Trinajstić information content (AvgIpc) is 2.78. The number of hydrogen-bond acceptors (Lipinski definition) is 7. The van der Waals surface area contributed by atoms with Crippen molar-refractivity contribution in [2.75, 3.05) is 13.7 Å². The summed E-state index contributed by atoms with van der Waals surface area (Å²) in [6.07, 6.45) is -0.122. The van der Waals surface area contributed by atoms with Gasteiger partial charge in [0.25, 0.3) is 0 Å². The van der Waals surface area contributed by atoms with Gasteiger partial charge in [0.05, 0.1) is 18.8 Å². The summed E-state index contributed by atoms with van der Waals surface area (Å²) in [6, 6.07) is 0. The monoisotopic (exact) mass is 394 g/mol. The number of hydrogen-bond donors (Lipinski definition) is 3.